The third kappa shape index (κ3) is 4.89. The maximum Gasteiger partial charge on any atom is 0.240 e. The molecule has 0 amide bonds. The molecule has 2 aromatic rings. The molecule has 1 aliphatic heterocycles. The Balaban J connectivity index is 1.74. The number of benzene rings is 1. The van der Waals surface area contributed by atoms with Gasteiger partial charge in [-0.1, -0.05) is 0 Å². The highest BCUT2D eigenvalue weighted by atomic mass is 127. The number of hydrogen-bond acceptors (Lipinski definition) is 5. The Morgan fingerprint density at radius 1 is 1.12 bits per heavy atom. The molecule has 8 heteroatoms. The van der Waals surface area contributed by atoms with E-state index in [1.807, 2.05) is 13.0 Å². The number of nitrogens with zero attached hydrogens (tertiary/aromatic N) is 3. The van der Waals surface area contributed by atoms with Crippen LogP contribution in [0, 0.1) is 10.5 Å². The molecule has 0 aliphatic carbocycles. The molecule has 1 N–H and O–H groups in total. The van der Waals surface area contributed by atoms with Crippen LogP contribution in [0.4, 0.5) is 5.82 Å². The fourth-order valence-electron chi connectivity index (χ4n) is 2.83. The Kier molecular flexibility index (Phi) is 5.90. The zero-order valence-corrected chi connectivity index (χ0v) is 17.0. The summed E-state index contributed by atoms with van der Waals surface area (Å²) < 4.78 is 28.4. The van der Waals surface area contributed by atoms with Gasteiger partial charge in [-0.3, -0.25) is 0 Å². The highest BCUT2D eigenvalue weighted by molar-refractivity contribution is 14.1. The van der Waals surface area contributed by atoms with Gasteiger partial charge < -0.3 is 4.90 Å². The van der Waals surface area contributed by atoms with Crippen LogP contribution in [-0.2, 0) is 16.6 Å². The van der Waals surface area contributed by atoms with Crippen molar-refractivity contribution < 1.29 is 8.42 Å². The standard InChI is InChI=1S/C17H21IN4O2S/c1-13-11-17(22-9-3-2-4-10-22)21-16(20-13)12-19-25(23,24)15-7-5-14(18)6-8-15/h5-8,11,19H,2-4,9-10,12H2,1H3. The molecule has 134 valence electrons. The average molecular weight is 472 g/mol. The summed E-state index contributed by atoms with van der Waals surface area (Å²) in [7, 11) is -3.57. The van der Waals surface area contributed by atoms with E-state index in [1.54, 1.807) is 24.3 Å². The number of nitrogens with one attached hydrogen (secondary N) is 1. The van der Waals surface area contributed by atoms with Crippen molar-refractivity contribution in [2.45, 2.75) is 37.6 Å². The summed E-state index contributed by atoms with van der Waals surface area (Å²) in [6, 6.07) is 8.70. The summed E-state index contributed by atoms with van der Waals surface area (Å²) in [6.45, 7) is 3.97. The van der Waals surface area contributed by atoms with Gasteiger partial charge in [0.2, 0.25) is 10.0 Å². The summed E-state index contributed by atoms with van der Waals surface area (Å²) in [5, 5.41) is 0. The van der Waals surface area contributed by atoms with Crippen molar-refractivity contribution in [1.82, 2.24) is 14.7 Å². The Labute approximate surface area is 162 Å². The van der Waals surface area contributed by atoms with Gasteiger partial charge in [0.15, 0.2) is 0 Å². The zero-order chi connectivity index (χ0) is 17.9. The second kappa shape index (κ2) is 7.96. The molecule has 0 saturated carbocycles. The largest absolute Gasteiger partial charge is 0.357 e. The van der Waals surface area contributed by atoms with E-state index < -0.39 is 10.0 Å². The van der Waals surface area contributed by atoms with E-state index in [0.29, 0.717) is 5.82 Å². The van der Waals surface area contributed by atoms with E-state index in [9.17, 15) is 8.42 Å². The van der Waals surface area contributed by atoms with Crippen LogP contribution in [0.5, 0.6) is 0 Å². The molecule has 0 radical (unpaired) electrons. The van der Waals surface area contributed by atoms with Crippen LogP contribution >= 0.6 is 22.6 Å². The molecule has 0 spiro atoms. The lowest BCUT2D eigenvalue weighted by atomic mass is 10.1. The predicted molar refractivity (Wildman–Crippen MR) is 106 cm³/mol. The molecule has 6 nitrogen and oxygen atoms in total. The van der Waals surface area contributed by atoms with Gasteiger partial charge in [0.05, 0.1) is 11.4 Å². The molecule has 1 fully saturated rings. The van der Waals surface area contributed by atoms with Crippen LogP contribution in [0.3, 0.4) is 0 Å². The van der Waals surface area contributed by atoms with Crippen LogP contribution in [0.25, 0.3) is 0 Å². The van der Waals surface area contributed by atoms with Crippen molar-refractivity contribution in [3.05, 3.63) is 45.4 Å². The molecule has 2 heterocycles. The number of sulfonamides is 1. The van der Waals surface area contributed by atoms with E-state index in [1.165, 1.54) is 6.42 Å². The van der Waals surface area contributed by atoms with Crippen molar-refractivity contribution in [1.29, 1.82) is 0 Å². The first kappa shape index (κ1) is 18.5. The van der Waals surface area contributed by atoms with Crippen molar-refractivity contribution in [3.8, 4) is 0 Å². The van der Waals surface area contributed by atoms with Crippen LogP contribution in [0.2, 0.25) is 0 Å². The maximum atomic E-state index is 12.4. The van der Waals surface area contributed by atoms with Gasteiger partial charge in [0.1, 0.15) is 11.6 Å². The smallest absolute Gasteiger partial charge is 0.240 e. The minimum atomic E-state index is -3.57. The summed E-state index contributed by atoms with van der Waals surface area (Å²) in [5.41, 5.74) is 0.846. The molecule has 0 atom stereocenters. The van der Waals surface area contributed by atoms with E-state index in [4.69, 9.17) is 0 Å². The predicted octanol–water partition coefficient (Wildman–Crippen LogP) is 2.86. The average Bonchev–Trinajstić information content (AvgIpc) is 2.61. The van der Waals surface area contributed by atoms with Gasteiger partial charge in [-0.05, 0) is 73.0 Å². The lowest BCUT2D eigenvalue weighted by Gasteiger charge is -2.28. The highest BCUT2D eigenvalue weighted by Crippen LogP contribution is 2.19. The van der Waals surface area contributed by atoms with Gasteiger partial charge >= 0.3 is 0 Å². The molecule has 1 aromatic heterocycles. The van der Waals surface area contributed by atoms with Crippen molar-refractivity contribution in [3.63, 3.8) is 0 Å². The molecular weight excluding hydrogens is 451 g/mol. The van der Waals surface area contributed by atoms with Gasteiger partial charge in [0.25, 0.3) is 0 Å². The van der Waals surface area contributed by atoms with E-state index in [2.05, 4.69) is 42.2 Å². The number of hydrogen-bond donors (Lipinski definition) is 1. The Morgan fingerprint density at radius 3 is 2.48 bits per heavy atom. The normalized spacial score (nSPS) is 15.4. The van der Waals surface area contributed by atoms with Crippen molar-refractivity contribution in [2.75, 3.05) is 18.0 Å². The summed E-state index contributed by atoms with van der Waals surface area (Å²) in [5.74, 6) is 1.38. The number of aryl methyl sites for hydroxylation is 1. The third-order valence-corrected chi connectivity index (χ3v) is 6.25. The van der Waals surface area contributed by atoms with Crippen LogP contribution < -0.4 is 9.62 Å². The summed E-state index contributed by atoms with van der Waals surface area (Å²) >= 11 is 2.14. The third-order valence-electron chi connectivity index (χ3n) is 4.11. The molecule has 1 aliphatic rings. The van der Waals surface area contributed by atoms with Gasteiger partial charge in [-0.2, -0.15) is 0 Å². The number of halogens is 1. The monoisotopic (exact) mass is 472 g/mol. The second-order valence-corrected chi connectivity index (χ2v) is 9.12. The molecule has 1 aromatic carbocycles. The lowest BCUT2D eigenvalue weighted by molar-refractivity contribution is 0.569. The topological polar surface area (TPSA) is 75.2 Å². The first-order chi connectivity index (χ1) is 11.9. The fraction of sp³-hybridized carbons (Fsp3) is 0.412. The minimum Gasteiger partial charge on any atom is -0.357 e. The lowest BCUT2D eigenvalue weighted by Crippen LogP contribution is -2.31. The van der Waals surface area contributed by atoms with Crippen LogP contribution in [0.15, 0.2) is 35.2 Å². The zero-order valence-electron chi connectivity index (χ0n) is 14.1. The number of aromatic nitrogens is 2. The van der Waals surface area contributed by atoms with Gasteiger partial charge in [-0.15, -0.1) is 0 Å². The Hall–Kier alpha value is -1.26. The SMILES string of the molecule is Cc1cc(N2CCCCC2)nc(CNS(=O)(=O)c2ccc(I)cc2)n1. The molecule has 25 heavy (non-hydrogen) atoms. The first-order valence-electron chi connectivity index (χ1n) is 8.29. The summed E-state index contributed by atoms with van der Waals surface area (Å²) in [4.78, 5) is 11.4. The van der Waals surface area contributed by atoms with Gasteiger partial charge in [0, 0.05) is 28.4 Å². The minimum absolute atomic E-state index is 0.0802. The number of rotatable bonds is 5. The molecule has 0 bridgehead atoms. The quantitative estimate of drug-likeness (QED) is 0.678. The van der Waals surface area contributed by atoms with Crippen LogP contribution in [-0.4, -0.2) is 31.5 Å². The highest BCUT2D eigenvalue weighted by Gasteiger charge is 2.17. The van der Waals surface area contributed by atoms with E-state index in [-0.39, 0.29) is 11.4 Å². The molecular formula is C17H21IN4O2S. The van der Waals surface area contributed by atoms with E-state index in [0.717, 1.165) is 41.0 Å². The van der Waals surface area contributed by atoms with Gasteiger partial charge in [-0.25, -0.2) is 23.1 Å². The van der Waals surface area contributed by atoms with E-state index >= 15 is 0 Å². The van der Waals surface area contributed by atoms with Crippen molar-refractivity contribution in [2.24, 2.45) is 0 Å². The fourth-order valence-corrected chi connectivity index (χ4v) is 4.17. The number of anilines is 1. The molecule has 1 saturated heterocycles. The summed E-state index contributed by atoms with van der Waals surface area (Å²) in [6.07, 6.45) is 3.58. The van der Waals surface area contributed by atoms with Crippen LogP contribution in [0.1, 0.15) is 30.8 Å². The second-order valence-electron chi connectivity index (χ2n) is 6.11. The molecule has 3 rings (SSSR count). The maximum absolute atomic E-state index is 12.4. The first-order valence-corrected chi connectivity index (χ1v) is 10.8. The molecule has 0 unspecified atom stereocenters. The Morgan fingerprint density at radius 2 is 1.80 bits per heavy atom. The number of piperidine rings is 1. The Bertz CT molecular complexity index is 834. The van der Waals surface area contributed by atoms with Crippen molar-refractivity contribution >= 4 is 38.4 Å².